The Hall–Kier alpha value is -3.69. The first kappa shape index (κ1) is 31.9. The molecule has 16 heteroatoms. The second-order valence-corrected chi connectivity index (χ2v) is 13.0. The molecule has 2 saturated heterocycles. The second kappa shape index (κ2) is 12.1. The highest BCUT2D eigenvalue weighted by atomic mass is 35.5. The van der Waals surface area contributed by atoms with Crippen LogP contribution in [0.5, 0.6) is 6.01 Å². The summed E-state index contributed by atoms with van der Waals surface area (Å²) in [7, 11) is 1.39. The van der Waals surface area contributed by atoms with E-state index >= 15 is 4.39 Å². The lowest BCUT2D eigenvalue weighted by Gasteiger charge is -2.34. The van der Waals surface area contributed by atoms with E-state index in [-0.39, 0.29) is 47.7 Å². The topological polar surface area (TPSA) is 124 Å². The van der Waals surface area contributed by atoms with Crippen molar-refractivity contribution in [2.24, 2.45) is 0 Å². The van der Waals surface area contributed by atoms with Crippen molar-refractivity contribution < 1.29 is 31.8 Å². The van der Waals surface area contributed by atoms with Gasteiger partial charge in [-0.1, -0.05) is 18.0 Å². The van der Waals surface area contributed by atoms with E-state index in [9.17, 15) is 18.0 Å². The van der Waals surface area contributed by atoms with Crippen LogP contribution in [0.1, 0.15) is 76.8 Å². The van der Waals surface area contributed by atoms with E-state index in [1.807, 2.05) is 9.80 Å². The van der Waals surface area contributed by atoms with E-state index in [0.29, 0.717) is 55.4 Å². The molecule has 1 spiro atoms. The number of likely N-dealkylation sites (tertiary alicyclic amines) is 1. The maximum atomic E-state index is 15.1. The van der Waals surface area contributed by atoms with Crippen molar-refractivity contribution in [3.05, 3.63) is 56.7 Å². The summed E-state index contributed by atoms with van der Waals surface area (Å²) in [6, 6.07) is 1.66. The van der Waals surface area contributed by atoms with Crippen molar-refractivity contribution in [1.82, 2.24) is 30.0 Å². The Kier molecular flexibility index (Phi) is 8.20. The number of alkyl halides is 3. The number of fused-ring (bicyclic) bond motifs is 2. The van der Waals surface area contributed by atoms with Gasteiger partial charge < -0.3 is 30.3 Å². The molecule has 3 aromatic rings. The zero-order chi connectivity index (χ0) is 33.1. The summed E-state index contributed by atoms with van der Waals surface area (Å²) in [5.74, 6) is -0.911. The Balaban J connectivity index is 1.17. The number of nitrogen functional groups attached to an aromatic ring is 1. The van der Waals surface area contributed by atoms with Crippen molar-refractivity contribution in [2.75, 3.05) is 43.9 Å². The number of nitrogens with one attached hydrogen (secondary N) is 1. The fourth-order valence-corrected chi connectivity index (χ4v) is 7.59. The molecule has 1 aromatic carbocycles. The number of piperidine rings is 1. The molecule has 4 aliphatic rings. The number of ether oxygens (including phenoxy) is 2. The molecule has 6 heterocycles. The van der Waals surface area contributed by atoms with Crippen molar-refractivity contribution in [3.8, 4) is 6.01 Å². The van der Waals surface area contributed by atoms with E-state index < -0.39 is 34.9 Å². The smallest absolute Gasteiger partial charge is 0.416 e. The summed E-state index contributed by atoms with van der Waals surface area (Å²) >= 11 is 6.89. The van der Waals surface area contributed by atoms with E-state index in [1.54, 1.807) is 4.68 Å². The number of aromatic nitrogens is 4. The minimum absolute atomic E-state index is 0.00231. The third-order valence-corrected chi connectivity index (χ3v) is 10.1. The van der Waals surface area contributed by atoms with Crippen LogP contribution >= 0.6 is 11.6 Å². The van der Waals surface area contributed by atoms with Gasteiger partial charge in [-0.15, -0.1) is 0 Å². The average Bonchev–Trinajstić information content (AvgIpc) is 3.51. The molecule has 0 radical (unpaired) electrons. The van der Waals surface area contributed by atoms with Crippen molar-refractivity contribution in [2.45, 2.75) is 76.0 Å². The number of halogens is 5. The fraction of sp³-hybridized carbons (Fsp3) is 0.548. The van der Waals surface area contributed by atoms with Gasteiger partial charge in [-0.2, -0.15) is 28.2 Å². The Labute approximate surface area is 273 Å². The third kappa shape index (κ3) is 5.75. The van der Waals surface area contributed by atoms with Gasteiger partial charge in [-0.25, -0.2) is 4.39 Å². The van der Waals surface area contributed by atoms with Crippen LogP contribution in [0, 0.1) is 5.82 Å². The normalized spacial score (nSPS) is 23.1. The van der Waals surface area contributed by atoms with Gasteiger partial charge in [-0.3, -0.25) is 9.48 Å². The average molecular weight is 679 g/mol. The predicted molar refractivity (Wildman–Crippen MR) is 164 cm³/mol. The SMILES string of the molecule is COc1nc2c(c(N3CCCn4nc(C(=O)N5CCC6(CCCCN6)C5)c(Cl)c4C3)n1)COC(c1c(C(F)(F)F)ccc(N)c1F)C2. The molecule has 2 atom stereocenters. The van der Waals surface area contributed by atoms with Gasteiger partial charge in [0, 0.05) is 49.3 Å². The number of carbonyl (C=O) groups is 1. The molecule has 1 amide bonds. The molecular formula is C31H35ClF4N8O3. The van der Waals surface area contributed by atoms with Crippen molar-refractivity contribution in [1.29, 1.82) is 0 Å². The standard InChI is InChI=1S/C31H35ClF4N8O3/c1-46-29-39-20-13-22(23-18(31(34,35)36)5-6-19(37)25(23)33)47-15-17(20)27(40-29)42-10-4-11-44-21(14-42)24(32)26(41-44)28(45)43-12-8-30(16-43)7-2-3-9-38-30/h5-6,22,38H,2-4,7-16,37H2,1H3. The molecule has 2 aromatic heterocycles. The summed E-state index contributed by atoms with van der Waals surface area (Å²) < 4.78 is 69.8. The van der Waals surface area contributed by atoms with Crippen LogP contribution in [0.15, 0.2) is 12.1 Å². The highest BCUT2D eigenvalue weighted by Gasteiger charge is 2.43. The minimum Gasteiger partial charge on any atom is -0.467 e. The summed E-state index contributed by atoms with van der Waals surface area (Å²) in [6.07, 6.45) is -1.43. The summed E-state index contributed by atoms with van der Waals surface area (Å²) in [4.78, 5) is 26.5. The number of amides is 1. The first-order chi connectivity index (χ1) is 22.5. The number of carbonyl (C=O) groups excluding carboxylic acids is 1. The summed E-state index contributed by atoms with van der Waals surface area (Å²) in [5, 5.41) is 8.55. The van der Waals surface area contributed by atoms with Gasteiger partial charge in [-0.05, 0) is 44.4 Å². The molecule has 47 heavy (non-hydrogen) atoms. The third-order valence-electron chi connectivity index (χ3n) is 9.73. The zero-order valence-corrected chi connectivity index (χ0v) is 26.6. The lowest BCUT2D eigenvalue weighted by molar-refractivity contribution is -0.140. The number of aryl methyl sites for hydroxylation is 1. The summed E-state index contributed by atoms with van der Waals surface area (Å²) in [6.45, 7) is 3.32. The van der Waals surface area contributed by atoms with Crippen LogP contribution in [0.25, 0.3) is 0 Å². The van der Waals surface area contributed by atoms with Gasteiger partial charge in [0.2, 0.25) is 0 Å². The van der Waals surface area contributed by atoms with Crippen molar-refractivity contribution >= 4 is 29.0 Å². The number of rotatable bonds is 4. The number of nitrogens with zero attached hydrogens (tertiary/aromatic N) is 6. The Morgan fingerprint density at radius 3 is 2.74 bits per heavy atom. The lowest BCUT2D eigenvalue weighted by atomic mass is 9.88. The number of benzene rings is 1. The molecule has 2 unspecified atom stereocenters. The number of methoxy groups -OCH3 is 1. The second-order valence-electron chi connectivity index (χ2n) is 12.6. The number of nitrogens with two attached hydrogens (primary N) is 1. The minimum atomic E-state index is -4.82. The van der Waals surface area contributed by atoms with Crippen LogP contribution in [0.2, 0.25) is 5.02 Å². The fourth-order valence-electron chi connectivity index (χ4n) is 7.31. The Bertz CT molecular complexity index is 1710. The predicted octanol–water partition coefficient (Wildman–Crippen LogP) is 4.66. The van der Waals surface area contributed by atoms with E-state index in [2.05, 4.69) is 20.4 Å². The highest BCUT2D eigenvalue weighted by molar-refractivity contribution is 6.34. The zero-order valence-electron chi connectivity index (χ0n) is 25.8. The molecule has 11 nitrogen and oxygen atoms in total. The summed E-state index contributed by atoms with van der Waals surface area (Å²) in [5.41, 5.74) is 5.17. The molecular weight excluding hydrogens is 644 g/mol. The maximum absolute atomic E-state index is 15.1. The first-order valence-electron chi connectivity index (χ1n) is 15.7. The van der Waals surface area contributed by atoms with Gasteiger partial charge >= 0.3 is 12.2 Å². The van der Waals surface area contributed by atoms with E-state index in [1.165, 1.54) is 7.11 Å². The molecule has 3 N–H and O–H groups in total. The van der Waals surface area contributed by atoms with Crippen LogP contribution in [0.4, 0.5) is 29.1 Å². The van der Waals surface area contributed by atoms with Gasteiger partial charge in [0.05, 0.1) is 54.0 Å². The van der Waals surface area contributed by atoms with Crippen molar-refractivity contribution in [3.63, 3.8) is 0 Å². The number of anilines is 2. The number of hydrogen-bond donors (Lipinski definition) is 2. The lowest BCUT2D eigenvalue weighted by Crippen LogP contribution is -2.50. The highest BCUT2D eigenvalue weighted by Crippen LogP contribution is 2.43. The van der Waals surface area contributed by atoms with Gasteiger partial charge in [0.1, 0.15) is 5.82 Å². The van der Waals surface area contributed by atoms with Gasteiger partial charge in [0.15, 0.2) is 11.5 Å². The quantitative estimate of drug-likeness (QED) is 0.300. The maximum Gasteiger partial charge on any atom is 0.416 e. The number of hydrogen-bond acceptors (Lipinski definition) is 9. The Morgan fingerprint density at radius 1 is 1.17 bits per heavy atom. The van der Waals surface area contributed by atoms with Gasteiger partial charge in [0.25, 0.3) is 5.91 Å². The monoisotopic (exact) mass is 678 g/mol. The molecule has 252 valence electrons. The molecule has 2 fully saturated rings. The largest absolute Gasteiger partial charge is 0.467 e. The van der Waals surface area contributed by atoms with Crippen LogP contribution in [0.3, 0.4) is 0 Å². The van der Waals surface area contributed by atoms with Crippen LogP contribution in [-0.2, 0) is 37.0 Å². The van der Waals surface area contributed by atoms with E-state index in [4.69, 9.17) is 26.8 Å². The van der Waals surface area contributed by atoms with E-state index in [0.717, 1.165) is 44.4 Å². The van der Waals surface area contributed by atoms with Crippen LogP contribution < -0.4 is 20.7 Å². The molecule has 4 aliphatic heterocycles. The molecule has 7 rings (SSSR count). The first-order valence-corrected chi connectivity index (χ1v) is 16.1. The van der Waals surface area contributed by atoms with Crippen LogP contribution in [-0.4, -0.2) is 69.4 Å². The molecule has 0 aliphatic carbocycles. The molecule has 0 saturated carbocycles. The Morgan fingerprint density at radius 2 is 2.00 bits per heavy atom. The molecule has 0 bridgehead atoms.